The van der Waals surface area contributed by atoms with Gasteiger partial charge in [-0.25, -0.2) is 9.97 Å². The Morgan fingerprint density at radius 3 is 2.43 bits per heavy atom. The highest BCUT2D eigenvalue weighted by atomic mass is 16.1. The first-order valence-electron chi connectivity index (χ1n) is 7.68. The van der Waals surface area contributed by atoms with Gasteiger partial charge in [-0.1, -0.05) is 30.3 Å². The summed E-state index contributed by atoms with van der Waals surface area (Å²) in [5.74, 6) is 0.383. The molecular formula is C17H23N5O. The molecule has 0 atom stereocenters. The first-order chi connectivity index (χ1) is 11.1. The average Bonchev–Trinajstić information content (AvgIpc) is 2.56. The molecule has 0 aliphatic rings. The van der Waals surface area contributed by atoms with E-state index in [1.54, 1.807) is 12.4 Å². The Bertz CT molecular complexity index is 598. The van der Waals surface area contributed by atoms with Crippen LogP contribution in [0, 0.1) is 0 Å². The molecule has 1 amide bonds. The molecule has 0 saturated heterocycles. The number of carbonyl (C=O) groups is 1. The molecule has 122 valence electrons. The Kier molecular flexibility index (Phi) is 6.50. The van der Waals surface area contributed by atoms with Gasteiger partial charge in [0, 0.05) is 32.0 Å². The summed E-state index contributed by atoms with van der Waals surface area (Å²) in [5.41, 5.74) is 1.73. The van der Waals surface area contributed by atoms with Gasteiger partial charge in [-0.05, 0) is 26.1 Å². The van der Waals surface area contributed by atoms with Gasteiger partial charge in [0.1, 0.15) is 0 Å². The lowest BCUT2D eigenvalue weighted by atomic mass is 10.1. The van der Waals surface area contributed by atoms with E-state index in [0.29, 0.717) is 18.1 Å². The van der Waals surface area contributed by atoms with Crippen molar-refractivity contribution in [3.63, 3.8) is 0 Å². The summed E-state index contributed by atoms with van der Waals surface area (Å²) in [6, 6.07) is 10.2. The molecule has 0 spiro atoms. The number of anilines is 1. The van der Waals surface area contributed by atoms with Gasteiger partial charge in [0.05, 0.1) is 5.56 Å². The van der Waals surface area contributed by atoms with Crippen LogP contribution in [0.1, 0.15) is 15.9 Å². The van der Waals surface area contributed by atoms with E-state index >= 15 is 0 Å². The normalized spacial score (nSPS) is 10.6. The third-order valence-electron chi connectivity index (χ3n) is 3.30. The van der Waals surface area contributed by atoms with Crippen LogP contribution in [0.4, 0.5) is 5.95 Å². The molecular weight excluding hydrogens is 290 g/mol. The molecule has 0 saturated carbocycles. The second-order valence-corrected chi connectivity index (χ2v) is 5.52. The van der Waals surface area contributed by atoms with Crippen molar-refractivity contribution in [1.29, 1.82) is 0 Å². The maximum absolute atomic E-state index is 11.9. The number of nitrogens with one attached hydrogen (secondary N) is 2. The second-order valence-electron chi connectivity index (χ2n) is 5.52. The summed E-state index contributed by atoms with van der Waals surface area (Å²) in [6.07, 6.45) is 3.99. The number of hydrogen-bond donors (Lipinski definition) is 2. The number of rotatable bonds is 8. The van der Waals surface area contributed by atoms with Gasteiger partial charge in [0.2, 0.25) is 5.95 Å². The fourth-order valence-electron chi connectivity index (χ4n) is 1.99. The Morgan fingerprint density at radius 1 is 1.09 bits per heavy atom. The van der Waals surface area contributed by atoms with Crippen LogP contribution >= 0.6 is 0 Å². The van der Waals surface area contributed by atoms with E-state index in [1.807, 2.05) is 37.2 Å². The zero-order valence-electron chi connectivity index (χ0n) is 13.6. The van der Waals surface area contributed by atoms with Gasteiger partial charge in [0.25, 0.3) is 5.91 Å². The Labute approximate surface area is 137 Å². The predicted molar refractivity (Wildman–Crippen MR) is 91.6 cm³/mol. The van der Waals surface area contributed by atoms with Crippen LogP contribution in [0.2, 0.25) is 0 Å². The number of nitrogens with zero attached hydrogens (tertiary/aromatic N) is 3. The highest BCUT2D eigenvalue weighted by Gasteiger charge is 2.06. The average molecular weight is 313 g/mol. The van der Waals surface area contributed by atoms with Crippen molar-refractivity contribution in [1.82, 2.24) is 20.2 Å². The predicted octanol–water partition coefficient (Wildman–Crippen LogP) is 1.42. The highest BCUT2D eigenvalue weighted by molar-refractivity contribution is 5.93. The van der Waals surface area contributed by atoms with Crippen molar-refractivity contribution in [2.75, 3.05) is 39.0 Å². The van der Waals surface area contributed by atoms with E-state index in [9.17, 15) is 4.79 Å². The molecule has 23 heavy (non-hydrogen) atoms. The molecule has 0 unspecified atom stereocenters. The van der Waals surface area contributed by atoms with E-state index < -0.39 is 0 Å². The fourth-order valence-corrected chi connectivity index (χ4v) is 1.99. The van der Waals surface area contributed by atoms with Crippen LogP contribution in [0.3, 0.4) is 0 Å². The molecule has 2 rings (SSSR count). The summed E-state index contributed by atoms with van der Waals surface area (Å²) < 4.78 is 0. The van der Waals surface area contributed by atoms with Crippen molar-refractivity contribution in [3.05, 3.63) is 53.9 Å². The summed E-state index contributed by atoms with van der Waals surface area (Å²) in [7, 11) is 3.93. The monoisotopic (exact) mass is 313 g/mol. The number of hydrogen-bond acceptors (Lipinski definition) is 5. The number of amides is 1. The Morgan fingerprint density at radius 2 is 1.78 bits per heavy atom. The molecule has 1 aromatic carbocycles. The van der Waals surface area contributed by atoms with Crippen molar-refractivity contribution in [2.45, 2.75) is 6.42 Å². The van der Waals surface area contributed by atoms with Crippen LogP contribution in [0.5, 0.6) is 0 Å². The number of carbonyl (C=O) groups excluding carboxylic acids is 1. The lowest BCUT2D eigenvalue weighted by Crippen LogP contribution is -2.31. The molecule has 0 radical (unpaired) electrons. The lowest BCUT2D eigenvalue weighted by molar-refractivity contribution is 0.0950. The lowest BCUT2D eigenvalue weighted by Gasteiger charge is -2.10. The topological polar surface area (TPSA) is 70.2 Å². The zero-order chi connectivity index (χ0) is 16.5. The number of likely N-dealkylation sites (N-methyl/N-ethyl adjacent to an activating group) is 1. The molecule has 1 heterocycles. The van der Waals surface area contributed by atoms with E-state index in [4.69, 9.17) is 0 Å². The van der Waals surface area contributed by atoms with E-state index in [2.05, 4.69) is 32.7 Å². The summed E-state index contributed by atoms with van der Waals surface area (Å²) >= 11 is 0. The van der Waals surface area contributed by atoms with Crippen molar-refractivity contribution in [2.24, 2.45) is 0 Å². The summed E-state index contributed by atoms with van der Waals surface area (Å²) in [4.78, 5) is 22.3. The van der Waals surface area contributed by atoms with Crippen LogP contribution in [-0.4, -0.2) is 54.5 Å². The molecule has 2 N–H and O–H groups in total. The Hall–Kier alpha value is -2.47. The van der Waals surface area contributed by atoms with Gasteiger partial charge < -0.3 is 15.5 Å². The summed E-state index contributed by atoms with van der Waals surface area (Å²) in [5, 5.41) is 5.99. The Balaban J connectivity index is 1.76. The third-order valence-corrected chi connectivity index (χ3v) is 3.30. The quantitative estimate of drug-likeness (QED) is 0.771. The summed E-state index contributed by atoms with van der Waals surface area (Å²) in [6.45, 7) is 2.15. The molecule has 6 heteroatoms. The molecule has 2 aromatic rings. The number of benzene rings is 1. The molecule has 0 bridgehead atoms. The molecule has 1 aromatic heterocycles. The van der Waals surface area contributed by atoms with E-state index in [1.165, 1.54) is 5.56 Å². The van der Waals surface area contributed by atoms with Crippen LogP contribution < -0.4 is 10.6 Å². The first-order valence-corrected chi connectivity index (χ1v) is 7.68. The van der Waals surface area contributed by atoms with Gasteiger partial charge in [0.15, 0.2) is 0 Å². The highest BCUT2D eigenvalue weighted by Crippen LogP contribution is 2.03. The SMILES string of the molecule is CN(C)CCNC(=O)c1cnc(NCCc2ccccc2)nc1. The van der Waals surface area contributed by atoms with Crippen molar-refractivity contribution >= 4 is 11.9 Å². The van der Waals surface area contributed by atoms with Gasteiger partial charge >= 0.3 is 0 Å². The molecule has 6 nitrogen and oxygen atoms in total. The first kappa shape index (κ1) is 16.9. The van der Waals surface area contributed by atoms with Crippen LogP contribution in [-0.2, 0) is 6.42 Å². The maximum atomic E-state index is 11.9. The minimum Gasteiger partial charge on any atom is -0.354 e. The van der Waals surface area contributed by atoms with Gasteiger partial charge in [-0.15, -0.1) is 0 Å². The maximum Gasteiger partial charge on any atom is 0.254 e. The van der Waals surface area contributed by atoms with Crippen LogP contribution in [0.25, 0.3) is 0 Å². The second kappa shape index (κ2) is 8.85. The van der Waals surface area contributed by atoms with E-state index in [0.717, 1.165) is 19.5 Å². The van der Waals surface area contributed by atoms with E-state index in [-0.39, 0.29) is 5.91 Å². The van der Waals surface area contributed by atoms with Crippen LogP contribution in [0.15, 0.2) is 42.7 Å². The largest absolute Gasteiger partial charge is 0.354 e. The molecule has 0 fully saturated rings. The standard InChI is InChI=1S/C17H23N5O/c1-22(2)11-10-18-16(23)15-12-20-17(21-13-15)19-9-8-14-6-4-3-5-7-14/h3-7,12-13H,8-11H2,1-2H3,(H,18,23)(H,19,20,21). The van der Waals surface area contributed by atoms with Crippen molar-refractivity contribution in [3.8, 4) is 0 Å². The fraction of sp³-hybridized carbons (Fsp3) is 0.353. The van der Waals surface area contributed by atoms with Gasteiger partial charge in [-0.2, -0.15) is 0 Å². The third kappa shape index (κ3) is 6.04. The smallest absolute Gasteiger partial charge is 0.254 e. The molecule has 0 aliphatic heterocycles. The van der Waals surface area contributed by atoms with Crippen molar-refractivity contribution < 1.29 is 4.79 Å². The zero-order valence-corrected chi connectivity index (χ0v) is 13.6. The number of aromatic nitrogens is 2. The molecule has 0 aliphatic carbocycles. The van der Waals surface area contributed by atoms with Gasteiger partial charge in [-0.3, -0.25) is 4.79 Å². The minimum absolute atomic E-state index is 0.150. The minimum atomic E-state index is -0.150.